The summed E-state index contributed by atoms with van der Waals surface area (Å²) in [7, 11) is 0. The van der Waals surface area contributed by atoms with Gasteiger partial charge in [-0.15, -0.1) is 0 Å². The molecule has 15 heavy (non-hydrogen) atoms. The first kappa shape index (κ1) is 13.0. The van der Waals surface area contributed by atoms with Crippen LogP contribution in [0.5, 0.6) is 0 Å². The average Bonchev–Trinajstić information content (AvgIpc) is 2.64. The van der Waals surface area contributed by atoms with E-state index in [9.17, 15) is 5.11 Å². The predicted octanol–water partition coefficient (Wildman–Crippen LogP) is 2.56. The topological polar surface area (TPSA) is 32.3 Å². The fourth-order valence-corrected chi connectivity index (χ4v) is 2.37. The van der Waals surface area contributed by atoms with Crippen molar-refractivity contribution in [2.45, 2.75) is 58.5 Å². The van der Waals surface area contributed by atoms with E-state index >= 15 is 0 Å². The van der Waals surface area contributed by atoms with Crippen LogP contribution in [0.3, 0.4) is 0 Å². The van der Waals surface area contributed by atoms with Crippen LogP contribution in [0.1, 0.15) is 52.4 Å². The molecule has 1 rings (SSSR count). The molecule has 0 aromatic heterocycles. The molecular formula is C13H27NO. The van der Waals surface area contributed by atoms with Crippen LogP contribution in [0.25, 0.3) is 0 Å². The lowest BCUT2D eigenvalue weighted by Crippen LogP contribution is -2.29. The van der Waals surface area contributed by atoms with E-state index in [1.807, 2.05) is 0 Å². The second-order valence-corrected chi connectivity index (χ2v) is 5.43. The highest BCUT2D eigenvalue weighted by atomic mass is 16.3. The van der Waals surface area contributed by atoms with Crippen molar-refractivity contribution in [3.8, 4) is 0 Å². The molecular weight excluding hydrogens is 186 g/mol. The first-order chi connectivity index (χ1) is 7.18. The zero-order valence-electron chi connectivity index (χ0n) is 10.3. The number of aliphatic hydroxyl groups is 1. The normalized spacial score (nSPS) is 20.0. The van der Waals surface area contributed by atoms with Crippen molar-refractivity contribution in [3.63, 3.8) is 0 Å². The van der Waals surface area contributed by atoms with Crippen LogP contribution >= 0.6 is 0 Å². The molecule has 1 fully saturated rings. The number of hydrogen-bond donors (Lipinski definition) is 2. The van der Waals surface area contributed by atoms with Gasteiger partial charge in [0.25, 0.3) is 0 Å². The summed E-state index contributed by atoms with van der Waals surface area (Å²) in [6.45, 7) is 6.29. The molecule has 0 aromatic carbocycles. The maximum absolute atomic E-state index is 9.81. The van der Waals surface area contributed by atoms with E-state index in [1.165, 1.54) is 32.1 Å². The second kappa shape index (κ2) is 7.24. The van der Waals surface area contributed by atoms with Crippen LogP contribution in [-0.4, -0.2) is 24.3 Å². The van der Waals surface area contributed by atoms with Crippen molar-refractivity contribution in [1.29, 1.82) is 0 Å². The number of rotatable bonds is 7. The molecule has 1 unspecified atom stereocenters. The van der Waals surface area contributed by atoms with Gasteiger partial charge in [0, 0.05) is 6.54 Å². The van der Waals surface area contributed by atoms with Gasteiger partial charge in [0.15, 0.2) is 0 Å². The Morgan fingerprint density at radius 1 is 1.27 bits per heavy atom. The zero-order valence-corrected chi connectivity index (χ0v) is 10.3. The summed E-state index contributed by atoms with van der Waals surface area (Å²) in [5, 5.41) is 13.2. The van der Waals surface area contributed by atoms with Gasteiger partial charge in [-0.1, -0.05) is 39.5 Å². The zero-order chi connectivity index (χ0) is 11.1. The Hall–Kier alpha value is -0.0800. The van der Waals surface area contributed by atoms with E-state index in [-0.39, 0.29) is 6.10 Å². The molecule has 0 bridgehead atoms. The fourth-order valence-electron chi connectivity index (χ4n) is 2.37. The SMILES string of the molecule is CC(C)CCNCC(O)CC1CCCC1. The van der Waals surface area contributed by atoms with Crippen LogP contribution in [0.2, 0.25) is 0 Å². The van der Waals surface area contributed by atoms with E-state index in [0.717, 1.165) is 31.3 Å². The van der Waals surface area contributed by atoms with Crippen molar-refractivity contribution >= 4 is 0 Å². The quantitative estimate of drug-likeness (QED) is 0.637. The Kier molecular flexibility index (Phi) is 6.26. The third-order valence-electron chi connectivity index (χ3n) is 3.36. The van der Waals surface area contributed by atoms with Crippen molar-refractivity contribution in [2.24, 2.45) is 11.8 Å². The number of hydrogen-bond acceptors (Lipinski definition) is 2. The van der Waals surface area contributed by atoms with Gasteiger partial charge in [-0.25, -0.2) is 0 Å². The van der Waals surface area contributed by atoms with Crippen molar-refractivity contribution < 1.29 is 5.11 Å². The lowest BCUT2D eigenvalue weighted by molar-refractivity contribution is 0.140. The first-order valence-corrected chi connectivity index (χ1v) is 6.57. The molecule has 1 atom stereocenters. The lowest BCUT2D eigenvalue weighted by Gasteiger charge is -2.16. The molecule has 90 valence electrons. The van der Waals surface area contributed by atoms with Gasteiger partial charge in [0.1, 0.15) is 0 Å². The molecule has 0 saturated heterocycles. The summed E-state index contributed by atoms with van der Waals surface area (Å²) in [6, 6.07) is 0. The Bertz CT molecular complexity index is 153. The second-order valence-electron chi connectivity index (χ2n) is 5.43. The molecule has 0 aromatic rings. The molecule has 1 saturated carbocycles. The summed E-state index contributed by atoms with van der Waals surface area (Å²) >= 11 is 0. The first-order valence-electron chi connectivity index (χ1n) is 6.57. The minimum Gasteiger partial charge on any atom is -0.392 e. The maximum atomic E-state index is 9.81. The Morgan fingerprint density at radius 2 is 1.93 bits per heavy atom. The van der Waals surface area contributed by atoms with E-state index in [2.05, 4.69) is 19.2 Å². The van der Waals surface area contributed by atoms with Crippen LogP contribution in [0, 0.1) is 11.8 Å². The highest BCUT2D eigenvalue weighted by molar-refractivity contribution is 4.72. The summed E-state index contributed by atoms with van der Waals surface area (Å²) in [6.07, 6.45) is 7.51. The summed E-state index contributed by atoms with van der Waals surface area (Å²) in [5.41, 5.74) is 0. The van der Waals surface area contributed by atoms with Gasteiger partial charge in [-0.2, -0.15) is 0 Å². The molecule has 0 amide bonds. The average molecular weight is 213 g/mol. The molecule has 1 aliphatic carbocycles. The maximum Gasteiger partial charge on any atom is 0.0667 e. The molecule has 0 aliphatic heterocycles. The number of aliphatic hydroxyl groups excluding tert-OH is 1. The Labute approximate surface area is 94.5 Å². The molecule has 2 N–H and O–H groups in total. The third-order valence-corrected chi connectivity index (χ3v) is 3.36. The molecule has 0 heterocycles. The van der Waals surface area contributed by atoms with Crippen LogP contribution in [0.15, 0.2) is 0 Å². The van der Waals surface area contributed by atoms with Gasteiger partial charge in [-0.05, 0) is 31.2 Å². The molecule has 0 radical (unpaired) electrons. The van der Waals surface area contributed by atoms with Crippen molar-refractivity contribution in [1.82, 2.24) is 5.32 Å². The largest absolute Gasteiger partial charge is 0.392 e. The molecule has 2 nitrogen and oxygen atoms in total. The van der Waals surface area contributed by atoms with Crippen molar-refractivity contribution in [2.75, 3.05) is 13.1 Å². The summed E-state index contributed by atoms with van der Waals surface area (Å²) < 4.78 is 0. The van der Waals surface area contributed by atoms with Crippen LogP contribution in [0.4, 0.5) is 0 Å². The van der Waals surface area contributed by atoms with Crippen LogP contribution in [-0.2, 0) is 0 Å². The summed E-state index contributed by atoms with van der Waals surface area (Å²) in [4.78, 5) is 0. The van der Waals surface area contributed by atoms with Gasteiger partial charge in [0.05, 0.1) is 6.10 Å². The van der Waals surface area contributed by atoms with E-state index in [0.29, 0.717) is 0 Å². The Morgan fingerprint density at radius 3 is 2.53 bits per heavy atom. The van der Waals surface area contributed by atoms with Crippen molar-refractivity contribution in [3.05, 3.63) is 0 Å². The highest BCUT2D eigenvalue weighted by Crippen LogP contribution is 2.28. The molecule has 0 spiro atoms. The minimum atomic E-state index is -0.125. The molecule has 2 heteroatoms. The standard InChI is InChI=1S/C13H27NO/c1-11(2)7-8-14-10-13(15)9-12-5-3-4-6-12/h11-15H,3-10H2,1-2H3. The summed E-state index contributed by atoms with van der Waals surface area (Å²) in [5.74, 6) is 1.55. The van der Waals surface area contributed by atoms with Gasteiger partial charge in [0.2, 0.25) is 0 Å². The van der Waals surface area contributed by atoms with E-state index < -0.39 is 0 Å². The van der Waals surface area contributed by atoms with Gasteiger partial charge >= 0.3 is 0 Å². The highest BCUT2D eigenvalue weighted by Gasteiger charge is 2.18. The predicted molar refractivity (Wildman–Crippen MR) is 64.9 cm³/mol. The minimum absolute atomic E-state index is 0.125. The third kappa shape index (κ3) is 6.16. The smallest absolute Gasteiger partial charge is 0.0667 e. The van der Waals surface area contributed by atoms with E-state index in [1.54, 1.807) is 0 Å². The fraction of sp³-hybridized carbons (Fsp3) is 1.00. The molecule has 1 aliphatic rings. The van der Waals surface area contributed by atoms with Gasteiger partial charge < -0.3 is 10.4 Å². The lowest BCUT2D eigenvalue weighted by atomic mass is 10.00. The number of nitrogens with one attached hydrogen (secondary N) is 1. The van der Waals surface area contributed by atoms with E-state index in [4.69, 9.17) is 0 Å². The monoisotopic (exact) mass is 213 g/mol. The van der Waals surface area contributed by atoms with Gasteiger partial charge in [-0.3, -0.25) is 0 Å². The Balaban J connectivity index is 1.95. The van der Waals surface area contributed by atoms with Crippen LogP contribution < -0.4 is 5.32 Å².